The lowest BCUT2D eigenvalue weighted by molar-refractivity contribution is -0.117. The van der Waals surface area contributed by atoms with E-state index in [0.717, 1.165) is 27.1 Å². The average Bonchev–Trinajstić information content (AvgIpc) is 3.18. The molecule has 2 N–H and O–H groups in total. The minimum absolute atomic E-state index is 0.103. The van der Waals surface area contributed by atoms with E-state index in [9.17, 15) is 4.79 Å². The molecule has 0 bridgehead atoms. The molecule has 2 aromatic heterocycles. The summed E-state index contributed by atoms with van der Waals surface area (Å²) in [5.41, 5.74) is 3.89. The molecule has 0 aliphatic heterocycles. The van der Waals surface area contributed by atoms with Crippen molar-refractivity contribution in [3.63, 3.8) is 0 Å². The number of carbonyl (C=O) groups excluding carboxylic acids is 1. The van der Waals surface area contributed by atoms with Gasteiger partial charge in [0.15, 0.2) is 5.65 Å². The standard InChI is InChI=1S/C24H21BrClN5O/c1-16(13-17-7-3-2-4-8-17)24(32)28-12-11-27-22-14-21(18-9-5-6-10-20(18)26)30-23-19(25)15-29-31(22)23/h2-10,13-15,27H,11-12H2,1H3,(H,28,32). The number of aromatic nitrogens is 3. The first kappa shape index (κ1) is 22.0. The van der Waals surface area contributed by atoms with Gasteiger partial charge in [-0.2, -0.15) is 9.61 Å². The molecule has 162 valence electrons. The fourth-order valence-electron chi connectivity index (χ4n) is 3.24. The van der Waals surface area contributed by atoms with Crippen LogP contribution in [0.5, 0.6) is 0 Å². The molecule has 0 aliphatic rings. The number of nitrogens with zero attached hydrogens (tertiary/aromatic N) is 3. The zero-order chi connectivity index (χ0) is 22.5. The maximum atomic E-state index is 12.4. The van der Waals surface area contributed by atoms with E-state index in [0.29, 0.717) is 29.3 Å². The van der Waals surface area contributed by atoms with Crippen molar-refractivity contribution in [2.75, 3.05) is 18.4 Å². The van der Waals surface area contributed by atoms with E-state index >= 15 is 0 Å². The monoisotopic (exact) mass is 509 g/mol. The van der Waals surface area contributed by atoms with Gasteiger partial charge in [0.05, 0.1) is 16.4 Å². The van der Waals surface area contributed by atoms with Gasteiger partial charge < -0.3 is 10.6 Å². The maximum Gasteiger partial charge on any atom is 0.246 e. The summed E-state index contributed by atoms with van der Waals surface area (Å²) in [4.78, 5) is 17.1. The number of benzene rings is 2. The second-order valence-electron chi connectivity index (χ2n) is 7.16. The molecule has 0 radical (unpaired) electrons. The van der Waals surface area contributed by atoms with E-state index in [2.05, 4.69) is 31.7 Å². The Morgan fingerprint density at radius 3 is 2.66 bits per heavy atom. The van der Waals surface area contributed by atoms with Gasteiger partial charge in [-0.25, -0.2) is 4.98 Å². The van der Waals surface area contributed by atoms with Crippen LogP contribution in [0.3, 0.4) is 0 Å². The topological polar surface area (TPSA) is 71.3 Å². The van der Waals surface area contributed by atoms with Crippen LogP contribution < -0.4 is 10.6 Å². The highest BCUT2D eigenvalue weighted by Gasteiger charge is 2.13. The minimum atomic E-state index is -0.103. The van der Waals surface area contributed by atoms with Gasteiger partial charge in [-0.15, -0.1) is 0 Å². The highest BCUT2D eigenvalue weighted by atomic mass is 79.9. The predicted octanol–water partition coefficient (Wildman–Crippen LogP) is 5.44. The summed E-state index contributed by atoms with van der Waals surface area (Å²) in [6.07, 6.45) is 3.57. The smallest absolute Gasteiger partial charge is 0.246 e. The van der Waals surface area contributed by atoms with E-state index < -0.39 is 0 Å². The van der Waals surface area contributed by atoms with Crippen LogP contribution in [-0.2, 0) is 4.79 Å². The second kappa shape index (κ2) is 9.97. The molecule has 2 heterocycles. The van der Waals surface area contributed by atoms with Crippen LogP contribution in [0.2, 0.25) is 5.02 Å². The Bertz CT molecular complexity index is 1290. The zero-order valence-electron chi connectivity index (χ0n) is 17.3. The van der Waals surface area contributed by atoms with Gasteiger partial charge in [-0.3, -0.25) is 4.79 Å². The molecule has 8 heteroatoms. The van der Waals surface area contributed by atoms with Crippen LogP contribution in [0.4, 0.5) is 5.82 Å². The summed E-state index contributed by atoms with van der Waals surface area (Å²) in [7, 11) is 0. The molecule has 0 atom stereocenters. The van der Waals surface area contributed by atoms with Crippen molar-refractivity contribution in [2.45, 2.75) is 6.92 Å². The van der Waals surface area contributed by atoms with E-state index in [4.69, 9.17) is 16.6 Å². The number of halogens is 2. The van der Waals surface area contributed by atoms with Crippen LogP contribution >= 0.6 is 27.5 Å². The quantitative estimate of drug-likeness (QED) is 0.256. The fraction of sp³-hybridized carbons (Fsp3) is 0.125. The molecule has 2 aromatic carbocycles. The summed E-state index contributed by atoms with van der Waals surface area (Å²) in [5, 5.41) is 11.3. The van der Waals surface area contributed by atoms with Crippen LogP contribution in [-0.4, -0.2) is 33.6 Å². The third-order valence-corrected chi connectivity index (χ3v) is 5.73. The fourth-order valence-corrected chi connectivity index (χ4v) is 3.82. The Hall–Kier alpha value is -3.16. The van der Waals surface area contributed by atoms with Gasteiger partial charge >= 0.3 is 0 Å². The van der Waals surface area contributed by atoms with Crippen LogP contribution in [0.25, 0.3) is 23.0 Å². The third-order valence-electron chi connectivity index (χ3n) is 4.84. The molecule has 0 saturated heterocycles. The molecule has 4 rings (SSSR count). The van der Waals surface area contributed by atoms with Crippen molar-refractivity contribution in [3.05, 3.63) is 87.5 Å². The molecule has 0 unspecified atom stereocenters. The number of nitrogens with one attached hydrogen (secondary N) is 2. The molecular weight excluding hydrogens is 490 g/mol. The van der Waals surface area contributed by atoms with Gasteiger partial charge in [0, 0.05) is 35.3 Å². The highest BCUT2D eigenvalue weighted by Crippen LogP contribution is 2.30. The molecule has 32 heavy (non-hydrogen) atoms. The van der Waals surface area contributed by atoms with Crippen molar-refractivity contribution in [1.29, 1.82) is 0 Å². The van der Waals surface area contributed by atoms with Crippen molar-refractivity contribution in [2.24, 2.45) is 0 Å². The summed E-state index contributed by atoms with van der Waals surface area (Å²) >= 11 is 9.88. The lowest BCUT2D eigenvalue weighted by Gasteiger charge is -2.12. The van der Waals surface area contributed by atoms with Gasteiger partial charge in [0.2, 0.25) is 5.91 Å². The van der Waals surface area contributed by atoms with E-state index in [1.807, 2.05) is 66.7 Å². The first-order valence-electron chi connectivity index (χ1n) is 10.1. The Kier molecular flexibility index (Phi) is 6.87. The second-order valence-corrected chi connectivity index (χ2v) is 8.42. The Balaban J connectivity index is 1.46. The molecule has 1 amide bonds. The number of hydrogen-bond donors (Lipinski definition) is 2. The largest absolute Gasteiger partial charge is 0.368 e. The van der Waals surface area contributed by atoms with Gasteiger partial charge in [0.25, 0.3) is 0 Å². The number of rotatable bonds is 7. The van der Waals surface area contributed by atoms with Crippen LogP contribution in [0, 0.1) is 0 Å². The maximum absolute atomic E-state index is 12.4. The van der Waals surface area contributed by atoms with Gasteiger partial charge in [0.1, 0.15) is 5.82 Å². The normalized spacial score (nSPS) is 11.5. The lowest BCUT2D eigenvalue weighted by atomic mass is 10.1. The van der Waals surface area contributed by atoms with E-state index in [1.165, 1.54) is 0 Å². The molecule has 0 fully saturated rings. The van der Waals surface area contributed by atoms with E-state index in [-0.39, 0.29) is 5.91 Å². The molecule has 0 spiro atoms. The van der Waals surface area contributed by atoms with Crippen molar-refractivity contribution >= 4 is 51.0 Å². The first-order valence-corrected chi connectivity index (χ1v) is 11.2. The summed E-state index contributed by atoms with van der Waals surface area (Å²) in [6.45, 7) is 2.77. The Morgan fingerprint density at radius 1 is 1.12 bits per heavy atom. The van der Waals surface area contributed by atoms with Crippen LogP contribution in [0.1, 0.15) is 12.5 Å². The SMILES string of the molecule is CC(=Cc1ccccc1)C(=O)NCCNc1cc(-c2ccccc2Cl)nc2c(Br)cnn12. The lowest BCUT2D eigenvalue weighted by Crippen LogP contribution is -2.29. The summed E-state index contributed by atoms with van der Waals surface area (Å²) in [6, 6.07) is 19.2. The molecular formula is C24H21BrClN5O. The summed E-state index contributed by atoms with van der Waals surface area (Å²) < 4.78 is 2.50. The zero-order valence-corrected chi connectivity index (χ0v) is 19.7. The Morgan fingerprint density at radius 2 is 1.88 bits per heavy atom. The molecule has 6 nitrogen and oxygen atoms in total. The van der Waals surface area contributed by atoms with Crippen LogP contribution in [0.15, 0.2) is 76.9 Å². The van der Waals surface area contributed by atoms with Gasteiger partial charge in [-0.1, -0.05) is 60.1 Å². The number of hydrogen-bond acceptors (Lipinski definition) is 4. The Labute approximate surface area is 199 Å². The average molecular weight is 511 g/mol. The summed E-state index contributed by atoms with van der Waals surface area (Å²) in [5.74, 6) is 0.649. The first-order chi connectivity index (χ1) is 15.5. The number of amides is 1. The van der Waals surface area contributed by atoms with Crippen molar-refractivity contribution in [3.8, 4) is 11.3 Å². The number of anilines is 1. The molecule has 0 saturated carbocycles. The third kappa shape index (κ3) is 5.00. The van der Waals surface area contributed by atoms with Crippen molar-refractivity contribution in [1.82, 2.24) is 19.9 Å². The highest BCUT2D eigenvalue weighted by molar-refractivity contribution is 9.10. The van der Waals surface area contributed by atoms with E-state index in [1.54, 1.807) is 17.6 Å². The molecule has 0 aliphatic carbocycles. The molecule has 4 aromatic rings. The minimum Gasteiger partial charge on any atom is -0.368 e. The van der Waals surface area contributed by atoms with Gasteiger partial charge in [-0.05, 0) is 40.6 Å². The van der Waals surface area contributed by atoms with Crippen molar-refractivity contribution < 1.29 is 4.79 Å². The predicted molar refractivity (Wildman–Crippen MR) is 133 cm³/mol. The number of fused-ring (bicyclic) bond motifs is 1. The number of carbonyl (C=O) groups is 1.